The summed E-state index contributed by atoms with van der Waals surface area (Å²) in [6, 6.07) is 8.69. The van der Waals surface area contributed by atoms with E-state index >= 15 is 0 Å². The molecule has 106 valence electrons. The van der Waals surface area contributed by atoms with Crippen LogP contribution in [0.4, 0.5) is 0 Å². The van der Waals surface area contributed by atoms with Crippen molar-refractivity contribution in [1.82, 2.24) is 5.32 Å². The molecule has 0 saturated heterocycles. The summed E-state index contributed by atoms with van der Waals surface area (Å²) in [4.78, 5) is 23.6. The van der Waals surface area contributed by atoms with E-state index in [1.165, 1.54) is 0 Å². The quantitative estimate of drug-likeness (QED) is 0.781. The monoisotopic (exact) mass is 273 g/mol. The Balaban J connectivity index is 2.09. The first-order valence-electron chi connectivity index (χ1n) is 6.80. The highest BCUT2D eigenvalue weighted by molar-refractivity contribution is 5.94. The van der Waals surface area contributed by atoms with Crippen LogP contribution >= 0.6 is 0 Å². The number of aliphatic carboxylic acids is 1. The number of carboxylic acid groups (broad SMARTS) is 1. The average Bonchev–Trinajstić information content (AvgIpc) is 3.25. The first kappa shape index (κ1) is 14.3. The lowest BCUT2D eigenvalue weighted by molar-refractivity contribution is -0.142. The number of hydrogen-bond acceptors (Lipinski definition) is 2. The lowest BCUT2D eigenvalue weighted by Crippen LogP contribution is -2.45. The average molecular weight is 273 g/mol. The molecular formula is C16H19NO3. The maximum atomic E-state index is 12.4. The summed E-state index contributed by atoms with van der Waals surface area (Å²) in [5.41, 5.74) is 0.443. The third-order valence-corrected chi connectivity index (χ3v) is 3.72. The van der Waals surface area contributed by atoms with E-state index in [4.69, 9.17) is 5.11 Å². The van der Waals surface area contributed by atoms with Gasteiger partial charge in [0, 0.05) is 0 Å². The molecule has 2 rings (SSSR count). The number of carbonyl (C=O) groups is 2. The van der Waals surface area contributed by atoms with Crippen molar-refractivity contribution in [2.24, 2.45) is 0 Å². The van der Waals surface area contributed by atoms with Gasteiger partial charge >= 0.3 is 5.97 Å². The van der Waals surface area contributed by atoms with Gasteiger partial charge in [-0.2, -0.15) is 0 Å². The molecule has 20 heavy (non-hydrogen) atoms. The smallest absolute Gasteiger partial charge is 0.326 e. The number of amides is 1. The van der Waals surface area contributed by atoms with Gasteiger partial charge in [-0.05, 0) is 31.7 Å². The lowest BCUT2D eigenvalue weighted by atomic mass is 9.94. The second-order valence-corrected chi connectivity index (χ2v) is 5.12. The van der Waals surface area contributed by atoms with Gasteiger partial charge in [0.25, 0.3) is 0 Å². The van der Waals surface area contributed by atoms with Crippen molar-refractivity contribution in [3.8, 4) is 0 Å². The minimum absolute atomic E-state index is 0.180. The summed E-state index contributed by atoms with van der Waals surface area (Å²) in [5.74, 6) is -1.18. The van der Waals surface area contributed by atoms with E-state index in [1.54, 1.807) is 12.2 Å². The second kappa shape index (κ2) is 5.90. The van der Waals surface area contributed by atoms with Crippen LogP contribution in [0.15, 0.2) is 42.5 Å². The van der Waals surface area contributed by atoms with Gasteiger partial charge in [0.15, 0.2) is 0 Å². The maximum Gasteiger partial charge on any atom is 0.326 e. The molecule has 0 bridgehead atoms. The van der Waals surface area contributed by atoms with Crippen molar-refractivity contribution in [2.45, 2.75) is 37.6 Å². The summed E-state index contributed by atoms with van der Waals surface area (Å²) < 4.78 is 0. The molecule has 1 amide bonds. The highest BCUT2D eigenvalue weighted by atomic mass is 16.4. The third-order valence-electron chi connectivity index (χ3n) is 3.72. The molecule has 1 fully saturated rings. The molecule has 2 N–H and O–H groups in total. The predicted octanol–water partition coefficient (Wildman–Crippen LogP) is 2.25. The minimum Gasteiger partial charge on any atom is -0.480 e. The first-order chi connectivity index (χ1) is 9.60. The van der Waals surface area contributed by atoms with Crippen LogP contribution in [-0.2, 0) is 15.0 Å². The van der Waals surface area contributed by atoms with E-state index < -0.39 is 17.4 Å². The van der Waals surface area contributed by atoms with Crippen molar-refractivity contribution in [1.29, 1.82) is 0 Å². The lowest BCUT2D eigenvalue weighted by Gasteiger charge is -2.19. The Morgan fingerprint density at radius 3 is 2.50 bits per heavy atom. The van der Waals surface area contributed by atoms with Gasteiger partial charge in [-0.3, -0.25) is 4.79 Å². The van der Waals surface area contributed by atoms with Gasteiger partial charge in [-0.1, -0.05) is 42.5 Å². The van der Waals surface area contributed by atoms with Crippen LogP contribution in [0.1, 0.15) is 31.7 Å². The Bertz CT molecular complexity index is 518. The minimum atomic E-state index is -1.000. The summed E-state index contributed by atoms with van der Waals surface area (Å²) in [6.45, 7) is 1.83. The van der Waals surface area contributed by atoms with E-state index in [-0.39, 0.29) is 5.91 Å². The number of hydrogen-bond donors (Lipinski definition) is 2. The molecule has 4 heteroatoms. The molecule has 0 aliphatic heterocycles. The number of nitrogens with one attached hydrogen (secondary N) is 1. The molecule has 1 aliphatic rings. The molecule has 1 aromatic rings. The van der Waals surface area contributed by atoms with Crippen molar-refractivity contribution in [3.05, 3.63) is 48.0 Å². The Kier molecular flexibility index (Phi) is 4.23. The molecule has 0 radical (unpaired) electrons. The Morgan fingerprint density at radius 1 is 1.35 bits per heavy atom. The highest BCUT2D eigenvalue weighted by Crippen LogP contribution is 2.48. The van der Waals surface area contributed by atoms with Crippen LogP contribution in [0.3, 0.4) is 0 Å². The summed E-state index contributed by atoms with van der Waals surface area (Å²) in [6.07, 6.45) is 5.40. The fourth-order valence-corrected chi connectivity index (χ4v) is 2.32. The zero-order valence-electron chi connectivity index (χ0n) is 11.5. The molecule has 1 atom stereocenters. The van der Waals surface area contributed by atoms with E-state index in [9.17, 15) is 9.59 Å². The van der Waals surface area contributed by atoms with Crippen LogP contribution in [0.25, 0.3) is 0 Å². The van der Waals surface area contributed by atoms with E-state index in [2.05, 4.69) is 5.32 Å². The topological polar surface area (TPSA) is 66.4 Å². The Hall–Kier alpha value is -2.10. The fraction of sp³-hybridized carbons (Fsp3) is 0.375. The normalized spacial score (nSPS) is 17.6. The molecule has 1 saturated carbocycles. The first-order valence-corrected chi connectivity index (χ1v) is 6.80. The van der Waals surface area contributed by atoms with Crippen molar-refractivity contribution in [2.75, 3.05) is 0 Å². The zero-order valence-corrected chi connectivity index (χ0v) is 11.5. The van der Waals surface area contributed by atoms with Crippen LogP contribution in [0.2, 0.25) is 0 Å². The molecule has 1 aliphatic carbocycles. The van der Waals surface area contributed by atoms with E-state index in [0.717, 1.165) is 18.4 Å². The molecule has 1 aromatic carbocycles. The third kappa shape index (κ3) is 2.90. The number of rotatable bonds is 6. The summed E-state index contributed by atoms with van der Waals surface area (Å²) in [5, 5.41) is 11.8. The molecule has 4 nitrogen and oxygen atoms in total. The van der Waals surface area contributed by atoms with Gasteiger partial charge in [0.1, 0.15) is 6.04 Å². The van der Waals surface area contributed by atoms with Crippen LogP contribution < -0.4 is 5.32 Å². The van der Waals surface area contributed by atoms with E-state index in [0.29, 0.717) is 6.42 Å². The van der Waals surface area contributed by atoms with Crippen LogP contribution in [0.5, 0.6) is 0 Å². The maximum absolute atomic E-state index is 12.4. The number of carbonyl (C=O) groups excluding carboxylic acids is 1. The van der Waals surface area contributed by atoms with Crippen molar-refractivity contribution >= 4 is 11.9 Å². The van der Waals surface area contributed by atoms with Crippen LogP contribution in [-0.4, -0.2) is 23.0 Å². The number of carboxylic acids is 1. The molecule has 0 spiro atoms. The van der Waals surface area contributed by atoms with Crippen molar-refractivity contribution < 1.29 is 14.7 Å². The number of allylic oxidation sites excluding steroid dienone is 1. The molecule has 1 unspecified atom stereocenters. The Morgan fingerprint density at radius 2 is 2.00 bits per heavy atom. The van der Waals surface area contributed by atoms with Gasteiger partial charge in [0.2, 0.25) is 5.91 Å². The van der Waals surface area contributed by atoms with Crippen LogP contribution in [0, 0.1) is 0 Å². The second-order valence-electron chi connectivity index (χ2n) is 5.12. The molecular weight excluding hydrogens is 254 g/mol. The standard InChI is InChI=1S/C16H19NO3/c1-2-3-9-13(14(18)19)17-15(20)16(10-11-16)12-7-5-4-6-8-12/h2-8,13H,9-11H2,1H3,(H,17,20)(H,18,19)/b3-2+. The predicted molar refractivity (Wildman–Crippen MR) is 76.4 cm³/mol. The van der Waals surface area contributed by atoms with E-state index in [1.807, 2.05) is 37.3 Å². The molecule has 0 heterocycles. The van der Waals surface area contributed by atoms with Crippen molar-refractivity contribution in [3.63, 3.8) is 0 Å². The fourth-order valence-electron chi connectivity index (χ4n) is 2.32. The largest absolute Gasteiger partial charge is 0.480 e. The van der Waals surface area contributed by atoms with Gasteiger partial charge in [-0.15, -0.1) is 0 Å². The number of benzene rings is 1. The van der Waals surface area contributed by atoms with Gasteiger partial charge < -0.3 is 10.4 Å². The Labute approximate surface area is 118 Å². The SMILES string of the molecule is C/C=C/CC(NC(=O)C1(c2ccccc2)CC1)C(=O)O. The molecule has 0 aromatic heterocycles. The van der Waals surface area contributed by atoms with Gasteiger partial charge in [-0.25, -0.2) is 4.79 Å². The zero-order chi connectivity index (χ0) is 14.6. The summed E-state index contributed by atoms with van der Waals surface area (Å²) in [7, 11) is 0. The summed E-state index contributed by atoms with van der Waals surface area (Å²) >= 11 is 0. The highest BCUT2D eigenvalue weighted by Gasteiger charge is 2.51. The van der Waals surface area contributed by atoms with Gasteiger partial charge in [0.05, 0.1) is 5.41 Å².